The van der Waals surface area contributed by atoms with Crippen LogP contribution in [0.1, 0.15) is 264 Å². The highest BCUT2D eigenvalue weighted by atomic mass is 19.4. The number of rotatable bonds is 9. The fourth-order valence-electron chi connectivity index (χ4n) is 9.28. The second kappa shape index (κ2) is 46.3. The molecular formula is C72H139F3N8O13. The summed E-state index contributed by atoms with van der Waals surface area (Å²) in [4.78, 5) is 110. The van der Waals surface area contributed by atoms with Crippen LogP contribution >= 0.6 is 0 Å². The van der Waals surface area contributed by atoms with Gasteiger partial charge < -0.3 is 59.4 Å². The molecule has 5 amide bonds. The van der Waals surface area contributed by atoms with Gasteiger partial charge in [0, 0.05) is 118 Å². The fraction of sp³-hybridized carbons (Fsp3) is 0.875. The lowest BCUT2D eigenvalue weighted by Crippen LogP contribution is -2.51. The molecular weight excluding hydrogens is 1240 g/mol. The number of ketones is 1. The van der Waals surface area contributed by atoms with Crippen LogP contribution in [-0.4, -0.2) is 210 Å². The van der Waals surface area contributed by atoms with Gasteiger partial charge in [-0.2, -0.15) is 13.2 Å². The van der Waals surface area contributed by atoms with Crippen LogP contribution in [0.25, 0.3) is 0 Å². The third-order valence-corrected chi connectivity index (χ3v) is 14.1. The number of carbonyl (C=O) groups excluding carboxylic acids is 9. The molecule has 96 heavy (non-hydrogen) atoms. The molecule has 0 unspecified atom stereocenters. The molecule has 1 saturated carbocycles. The summed E-state index contributed by atoms with van der Waals surface area (Å²) in [7, 11) is 0. The molecule has 0 aromatic heterocycles. The van der Waals surface area contributed by atoms with Crippen LogP contribution < -0.4 is 11.1 Å². The van der Waals surface area contributed by atoms with Crippen LogP contribution in [-0.2, 0) is 47.7 Å². The summed E-state index contributed by atoms with van der Waals surface area (Å²) in [6.07, 6.45) is 4.45. The molecule has 4 aliphatic rings. The Hall–Kier alpha value is -5.10. The van der Waals surface area contributed by atoms with Crippen molar-refractivity contribution in [3.63, 3.8) is 0 Å². The first-order valence-electron chi connectivity index (χ1n) is 34.7. The van der Waals surface area contributed by atoms with E-state index >= 15 is 0 Å². The monoisotopic (exact) mass is 1380 g/mol. The van der Waals surface area contributed by atoms with Crippen molar-refractivity contribution < 1.29 is 75.3 Å². The molecule has 21 nitrogen and oxygen atoms in total. The van der Waals surface area contributed by atoms with Gasteiger partial charge in [-0.25, -0.2) is 14.4 Å². The maximum atomic E-state index is 12.1. The topological polar surface area (TPSA) is 248 Å². The Bertz CT molecular complexity index is 2200. The van der Waals surface area contributed by atoms with E-state index in [0.29, 0.717) is 61.9 Å². The lowest BCUT2D eigenvalue weighted by atomic mass is 9.90. The van der Waals surface area contributed by atoms with E-state index in [0.717, 1.165) is 65.0 Å². The number of amides is 5. The van der Waals surface area contributed by atoms with Crippen molar-refractivity contribution in [3.8, 4) is 0 Å². The minimum absolute atomic E-state index is 0.0774. The summed E-state index contributed by atoms with van der Waals surface area (Å²) in [6, 6.07) is 1.25. The zero-order valence-corrected chi connectivity index (χ0v) is 65.5. The van der Waals surface area contributed by atoms with Crippen molar-refractivity contribution in [3.05, 3.63) is 0 Å². The molecule has 0 radical (unpaired) electrons. The number of carbonyl (C=O) groups is 9. The normalized spacial score (nSPS) is 16.0. The van der Waals surface area contributed by atoms with Crippen molar-refractivity contribution in [2.24, 2.45) is 27.4 Å². The van der Waals surface area contributed by atoms with Gasteiger partial charge in [-0.05, 0) is 149 Å². The lowest BCUT2D eigenvalue weighted by Gasteiger charge is -2.40. The van der Waals surface area contributed by atoms with Gasteiger partial charge in [0.15, 0.2) is 0 Å². The summed E-state index contributed by atoms with van der Waals surface area (Å²) in [5.74, 6) is -0.535. The van der Waals surface area contributed by atoms with E-state index in [-0.39, 0.29) is 52.7 Å². The second-order valence-electron chi connectivity index (χ2n) is 32.7. The lowest BCUT2D eigenvalue weighted by molar-refractivity contribution is -0.156. The number of halogens is 3. The van der Waals surface area contributed by atoms with Crippen LogP contribution in [0.15, 0.2) is 0 Å². The van der Waals surface area contributed by atoms with Crippen LogP contribution in [0, 0.1) is 21.7 Å². The first-order chi connectivity index (χ1) is 43.3. The first-order valence-corrected chi connectivity index (χ1v) is 34.7. The minimum atomic E-state index is -4.64. The molecule has 3 saturated heterocycles. The minimum Gasteiger partial charge on any atom is -0.444 e. The summed E-state index contributed by atoms with van der Waals surface area (Å²) < 4.78 is 51.2. The van der Waals surface area contributed by atoms with Crippen molar-refractivity contribution in [2.75, 3.05) is 85.1 Å². The number of Topliss-reactive ketones (excluding diaryl/α,β-unsaturated/α-hetero) is 1. The first kappa shape index (κ1) is 97.3. The third kappa shape index (κ3) is 59.0. The van der Waals surface area contributed by atoms with Gasteiger partial charge in [0.25, 0.3) is 0 Å². The van der Waals surface area contributed by atoms with E-state index in [9.17, 15) is 51.5 Å². The number of hydrogen-bond acceptors (Lipinski definition) is 16. The van der Waals surface area contributed by atoms with E-state index in [4.69, 9.17) is 24.7 Å². The molecule has 0 bridgehead atoms. The van der Waals surface area contributed by atoms with Crippen LogP contribution in [0.5, 0.6) is 0 Å². The molecule has 0 spiro atoms. The number of likely N-dealkylation sites (tertiary alicyclic amines) is 3. The predicted molar refractivity (Wildman–Crippen MR) is 378 cm³/mol. The maximum absolute atomic E-state index is 12.1. The summed E-state index contributed by atoms with van der Waals surface area (Å²) in [6.45, 7) is 66.0. The standard InChI is InChI=1S/C17H32N2O3.C15H30N2O2.C13H25NO.C10H17NO3.C6H15N.C5H13N.C4H6O3.C2HF3O/c1-13(20)19(12-16(2,3)4)14-8-10-18(11-9-14)15(21)22-17(5,6)7;1-14(2,3)11-16-12-7-9-17(10-8-12)13(18)19-15(4,5)6;1-11(15)14(10-13(2,3)4)12-8-6-5-7-9-12;1-10(2,3)14-9(13)11-6-4-8(12)5-7-11;1-4-7(5-2)6-3;1-5(2,3)4-6;1-3(5)7-4(2)6;3-2(4,5)1-6/h14H,8-12H2,1-7H3;12,16H,7-11H2,1-6H3;12H,5-10H2,1-4H3;4-7H2,1-3H3;4-6H2,1-3H3;4,6H2,1-3H3;1-2H3;1H. The summed E-state index contributed by atoms with van der Waals surface area (Å²) in [5, 5.41) is 3.59. The van der Waals surface area contributed by atoms with Gasteiger partial charge in [0.05, 0.1) is 0 Å². The predicted octanol–water partition coefficient (Wildman–Crippen LogP) is 14.3. The molecule has 24 heteroatoms. The van der Waals surface area contributed by atoms with E-state index in [2.05, 4.69) is 124 Å². The third-order valence-electron chi connectivity index (χ3n) is 14.1. The zero-order valence-electron chi connectivity index (χ0n) is 65.5. The smallest absolute Gasteiger partial charge is 0.444 e. The summed E-state index contributed by atoms with van der Waals surface area (Å²) in [5.41, 5.74) is 4.89. The number of esters is 2. The van der Waals surface area contributed by atoms with Gasteiger partial charge in [0.1, 0.15) is 22.6 Å². The number of piperidine rings is 3. The zero-order chi connectivity index (χ0) is 76.0. The van der Waals surface area contributed by atoms with Gasteiger partial charge >= 0.3 is 36.4 Å². The van der Waals surface area contributed by atoms with Gasteiger partial charge in [0.2, 0.25) is 18.1 Å². The van der Waals surface area contributed by atoms with E-state index < -0.39 is 41.2 Å². The van der Waals surface area contributed by atoms with Crippen molar-refractivity contribution in [1.82, 2.24) is 34.7 Å². The van der Waals surface area contributed by atoms with Gasteiger partial charge in [-0.3, -0.25) is 28.8 Å². The Kier molecular flexibility index (Phi) is 46.9. The SMILES string of the molecule is CC(=O)N(CC(C)(C)C)C1CCCCC1.CC(=O)N(CC(C)(C)C)C1CCN(C(=O)OC(C)(C)C)CC1.CC(=O)OC(C)=O.CC(C)(C)CN.CC(C)(C)CNC1CCN(C(=O)OC(C)(C)C)CC1.CC(C)(C)OC(=O)N1CCC(=O)CC1.CCN(CC)CC.O=CC(F)(F)F. The van der Waals surface area contributed by atoms with E-state index in [1.165, 1.54) is 65.6 Å². The summed E-state index contributed by atoms with van der Waals surface area (Å²) >= 11 is 0. The average molecular weight is 1380 g/mol. The van der Waals surface area contributed by atoms with Crippen molar-refractivity contribution in [2.45, 2.75) is 306 Å². The largest absolute Gasteiger partial charge is 0.446 e. The van der Waals surface area contributed by atoms with Crippen molar-refractivity contribution >= 4 is 54.1 Å². The van der Waals surface area contributed by atoms with Crippen molar-refractivity contribution in [1.29, 1.82) is 0 Å². The molecule has 0 atom stereocenters. The van der Waals surface area contributed by atoms with Crippen LogP contribution in [0.4, 0.5) is 27.6 Å². The maximum Gasteiger partial charge on any atom is 0.446 e. The number of alkyl halides is 3. The van der Waals surface area contributed by atoms with Gasteiger partial charge in [-0.15, -0.1) is 0 Å². The highest BCUT2D eigenvalue weighted by Crippen LogP contribution is 2.27. The number of aldehydes is 1. The van der Waals surface area contributed by atoms with Crippen LogP contribution in [0.2, 0.25) is 0 Å². The molecule has 0 aromatic carbocycles. The van der Waals surface area contributed by atoms with E-state index in [1.807, 2.05) is 72.1 Å². The Morgan fingerprint density at radius 2 is 0.781 bits per heavy atom. The Balaban J connectivity index is -0.000000527. The Morgan fingerprint density at radius 3 is 1.00 bits per heavy atom. The number of hydrogen-bond donors (Lipinski definition) is 2. The number of nitrogens with two attached hydrogens (primary N) is 1. The Labute approximate surface area is 580 Å². The molecule has 0 aromatic rings. The molecule has 3 N–H and O–H groups in total. The molecule has 4 rings (SSSR count). The molecule has 3 aliphatic heterocycles. The fourth-order valence-corrected chi connectivity index (χ4v) is 9.28. The molecule has 3 heterocycles. The second-order valence-corrected chi connectivity index (χ2v) is 32.7. The highest BCUT2D eigenvalue weighted by Gasteiger charge is 2.34. The molecule has 566 valence electrons. The van der Waals surface area contributed by atoms with E-state index in [1.54, 1.807) is 23.6 Å². The van der Waals surface area contributed by atoms with Crippen LogP contribution in [0.3, 0.4) is 0 Å². The number of ether oxygens (including phenoxy) is 4. The highest BCUT2D eigenvalue weighted by molar-refractivity contribution is 5.82. The molecule has 4 fully saturated rings. The molecule has 1 aliphatic carbocycles. The Morgan fingerprint density at radius 1 is 0.490 bits per heavy atom. The van der Waals surface area contributed by atoms with Gasteiger partial charge in [-0.1, -0.05) is 123 Å². The average Bonchev–Trinajstić information content (AvgIpc) is 0.886. The number of nitrogens with one attached hydrogen (secondary N) is 1. The number of nitrogens with zero attached hydrogens (tertiary/aromatic N) is 6. The quantitative estimate of drug-likeness (QED) is 0.0942.